The number of hydrogen-bond donors (Lipinski definition) is 3. The Kier molecular flexibility index (Phi) is 7.09. The summed E-state index contributed by atoms with van der Waals surface area (Å²) >= 11 is 6.26. The van der Waals surface area contributed by atoms with Crippen LogP contribution in [-0.4, -0.2) is 36.8 Å². The molecule has 4 N–H and O–H groups in total. The first-order valence-corrected chi connectivity index (χ1v) is 13.8. The lowest BCUT2D eigenvalue weighted by Crippen LogP contribution is -2.36. The van der Waals surface area contributed by atoms with E-state index in [1.165, 1.54) is 5.56 Å². The van der Waals surface area contributed by atoms with Gasteiger partial charge in [0.2, 0.25) is 0 Å². The molecule has 0 bridgehead atoms. The van der Waals surface area contributed by atoms with Gasteiger partial charge < -0.3 is 16.2 Å². The standard InChI is InChI=1S/C31H29ClN6O2/c32-22-4-1-3-21(18-22)26-14-15-27-30(36-26)38(29(37-27)25-5-2-16-34-28(25)33)24-12-8-20(9-13-24)17-19-6-10-23(11-7-19)35-31(39)40/h1-5,8-9,12-16,18-19,23,35H,6-7,10-11,17H2,(H2,33,34)(H,39,40). The normalized spacial score (nSPS) is 17.1. The summed E-state index contributed by atoms with van der Waals surface area (Å²) in [5.74, 6) is 1.62. The third kappa shape index (κ3) is 5.35. The molecule has 3 aromatic heterocycles. The van der Waals surface area contributed by atoms with Crippen LogP contribution in [0.15, 0.2) is 79.0 Å². The minimum Gasteiger partial charge on any atom is -0.465 e. The van der Waals surface area contributed by atoms with Crippen LogP contribution in [0.4, 0.5) is 10.6 Å². The van der Waals surface area contributed by atoms with Crippen molar-refractivity contribution < 1.29 is 9.90 Å². The highest BCUT2D eigenvalue weighted by Crippen LogP contribution is 2.33. The average Bonchev–Trinajstić information content (AvgIpc) is 3.33. The topological polar surface area (TPSA) is 119 Å². The van der Waals surface area contributed by atoms with Gasteiger partial charge in [-0.3, -0.25) is 4.57 Å². The van der Waals surface area contributed by atoms with Crippen LogP contribution in [-0.2, 0) is 6.42 Å². The van der Waals surface area contributed by atoms with Gasteiger partial charge in [-0.1, -0.05) is 35.9 Å². The number of nitrogen functional groups attached to an aromatic ring is 1. The number of halogens is 1. The van der Waals surface area contributed by atoms with Crippen LogP contribution < -0.4 is 11.1 Å². The van der Waals surface area contributed by atoms with E-state index in [0.29, 0.717) is 28.2 Å². The van der Waals surface area contributed by atoms with E-state index in [2.05, 4.69) is 34.6 Å². The monoisotopic (exact) mass is 552 g/mol. The summed E-state index contributed by atoms with van der Waals surface area (Å²) in [6.07, 6.45) is 5.48. The molecule has 0 unspecified atom stereocenters. The zero-order valence-electron chi connectivity index (χ0n) is 21.8. The highest BCUT2D eigenvalue weighted by atomic mass is 35.5. The van der Waals surface area contributed by atoms with Crippen molar-refractivity contribution in [1.29, 1.82) is 0 Å². The summed E-state index contributed by atoms with van der Waals surface area (Å²) in [6, 6.07) is 23.9. The van der Waals surface area contributed by atoms with Crippen molar-refractivity contribution in [1.82, 2.24) is 24.8 Å². The summed E-state index contributed by atoms with van der Waals surface area (Å²) in [5, 5.41) is 12.3. The maximum absolute atomic E-state index is 11.0. The van der Waals surface area contributed by atoms with E-state index < -0.39 is 6.09 Å². The number of pyridine rings is 2. The van der Waals surface area contributed by atoms with Gasteiger partial charge in [-0.15, -0.1) is 0 Å². The second kappa shape index (κ2) is 11.0. The highest BCUT2D eigenvalue weighted by molar-refractivity contribution is 6.30. The average molecular weight is 553 g/mol. The van der Waals surface area contributed by atoms with Crippen molar-refractivity contribution in [3.8, 4) is 28.3 Å². The number of anilines is 1. The molecule has 6 rings (SSSR count). The van der Waals surface area contributed by atoms with Crippen LogP contribution in [0.3, 0.4) is 0 Å². The predicted octanol–water partition coefficient (Wildman–Crippen LogP) is 6.75. The van der Waals surface area contributed by atoms with Gasteiger partial charge in [-0.05, 0) is 92.1 Å². The molecular formula is C31H29ClN6O2. The number of imidazole rings is 1. The molecule has 5 aromatic rings. The van der Waals surface area contributed by atoms with Gasteiger partial charge in [0.05, 0.1) is 11.3 Å². The lowest BCUT2D eigenvalue weighted by molar-refractivity contribution is 0.182. The minimum absolute atomic E-state index is 0.0632. The van der Waals surface area contributed by atoms with Crippen LogP contribution >= 0.6 is 11.6 Å². The minimum atomic E-state index is -0.937. The Bertz CT molecular complexity index is 1680. The van der Waals surface area contributed by atoms with Gasteiger partial charge in [0.25, 0.3) is 0 Å². The molecule has 3 heterocycles. The fraction of sp³-hybridized carbons (Fsp3) is 0.226. The van der Waals surface area contributed by atoms with Crippen molar-refractivity contribution in [3.63, 3.8) is 0 Å². The second-order valence-electron chi connectivity index (χ2n) is 10.3. The molecule has 1 amide bonds. The first kappa shape index (κ1) is 25.8. The van der Waals surface area contributed by atoms with Crippen molar-refractivity contribution in [3.05, 3.63) is 89.6 Å². The Balaban J connectivity index is 1.35. The molecule has 8 nitrogen and oxygen atoms in total. The SMILES string of the molecule is Nc1ncccc1-c1nc2ccc(-c3cccc(Cl)c3)nc2n1-c1ccc(CC2CCC(NC(=O)O)CC2)cc1. The van der Waals surface area contributed by atoms with Crippen LogP contribution in [0.5, 0.6) is 0 Å². The van der Waals surface area contributed by atoms with E-state index in [1.807, 2.05) is 53.1 Å². The van der Waals surface area contributed by atoms with Gasteiger partial charge in [-0.25, -0.2) is 19.7 Å². The number of fused-ring (bicyclic) bond motifs is 1. The molecule has 1 aliphatic rings. The number of benzene rings is 2. The molecule has 2 aromatic carbocycles. The Morgan fingerprint density at radius 1 is 1.00 bits per heavy atom. The Morgan fingerprint density at radius 2 is 1.80 bits per heavy atom. The van der Waals surface area contributed by atoms with E-state index in [4.69, 9.17) is 32.4 Å². The van der Waals surface area contributed by atoms with Crippen LogP contribution in [0.1, 0.15) is 31.2 Å². The van der Waals surface area contributed by atoms with Crippen molar-refractivity contribution in [2.24, 2.45) is 5.92 Å². The maximum atomic E-state index is 11.0. The number of carboxylic acid groups (broad SMARTS) is 1. The molecule has 0 atom stereocenters. The number of nitrogens with two attached hydrogens (primary N) is 1. The molecule has 1 aliphatic carbocycles. The van der Waals surface area contributed by atoms with E-state index >= 15 is 0 Å². The largest absolute Gasteiger partial charge is 0.465 e. The van der Waals surface area contributed by atoms with Crippen LogP contribution in [0.25, 0.3) is 39.5 Å². The quantitative estimate of drug-likeness (QED) is 0.214. The first-order valence-electron chi connectivity index (χ1n) is 13.4. The Labute approximate surface area is 236 Å². The zero-order chi connectivity index (χ0) is 27.6. The number of aromatic nitrogens is 4. The molecule has 0 aliphatic heterocycles. The summed E-state index contributed by atoms with van der Waals surface area (Å²) in [6.45, 7) is 0. The Morgan fingerprint density at radius 3 is 2.52 bits per heavy atom. The van der Waals surface area contributed by atoms with Crippen LogP contribution in [0.2, 0.25) is 5.02 Å². The molecule has 9 heteroatoms. The zero-order valence-corrected chi connectivity index (χ0v) is 22.6. The third-order valence-electron chi connectivity index (χ3n) is 7.60. The van der Waals surface area contributed by atoms with Crippen molar-refractivity contribution in [2.45, 2.75) is 38.1 Å². The number of amides is 1. The summed E-state index contributed by atoms with van der Waals surface area (Å²) in [7, 11) is 0. The number of nitrogens with one attached hydrogen (secondary N) is 1. The van der Waals surface area contributed by atoms with E-state index in [1.54, 1.807) is 6.20 Å². The lowest BCUT2D eigenvalue weighted by atomic mass is 9.82. The smallest absolute Gasteiger partial charge is 0.404 e. The van der Waals surface area contributed by atoms with Gasteiger partial charge in [-0.2, -0.15) is 0 Å². The predicted molar refractivity (Wildman–Crippen MR) is 158 cm³/mol. The molecule has 0 saturated heterocycles. The van der Waals surface area contributed by atoms with E-state index in [0.717, 1.165) is 60.1 Å². The molecule has 1 fully saturated rings. The maximum Gasteiger partial charge on any atom is 0.404 e. The fourth-order valence-corrected chi connectivity index (χ4v) is 5.79. The molecular weight excluding hydrogens is 524 g/mol. The van der Waals surface area contributed by atoms with E-state index in [9.17, 15) is 4.79 Å². The van der Waals surface area contributed by atoms with Crippen molar-refractivity contribution >= 4 is 34.7 Å². The molecule has 1 saturated carbocycles. The highest BCUT2D eigenvalue weighted by Gasteiger charge is 2.23. The van der Waals surface area contributed by atoms with Gasteiger partial charge >= 0.3 is 6.09 Å². The summed E-state index contributed by atoms with van der Waals surface area (Å²) in [5.41, 5.74) is 12.4. The Hall–Kier alpha value is -4.43. The van der Waals surface area contributed by atoms with Crippen LogP contribution in [0, 0.1) is 5.92 Å². The second-order valence-corrected chi connectivity index (χ2v) is 10.7. The first-order chi connectivity index (χ1) is 19.4. The fourth-order valence-electron chi connectivity index (χ4n) is 5.60. The number of nitrogens with zero attached hydrogens (tertiary/aromatic N) is 4. The van der Waals surface area contributed by atoms with Gasteiger partial charge in [0.15, 0.2) is 11.5 Å². The summed E-state index contributed by atoms with van der Waals surface area (Å²) in [4.78, 5) is 25.2. The van der Waals surface area contributed by atoms with E-state index in [-0.39, 0.29) is 6.04 Å². The molecule has 0 radical (unpaired) electrons. The lowest BCUT2D eigenvalue weighted by Gasteiger charge is -2.28. The summed E-state index contributed by atoms with van der Waals surface area (Å²) < 4.78 is 2.03. The molecule has 0 spiro atoms. The van der Waals surface area contributed by atoms with Crippen molar-refractivity contribution in [2.75, 3.05) is 5.73 Å². The molecule has 202 valence electrons. The number of hydrogen-bond acceptors (Lipinski definition) is 5. The third-order valence-corrected chi connectivity index (χ3v) is 7.83. The molecule has 40 heavy (non-hydrogen) atoms. The van der Waals surface area contributed by atoms with Gasteiger partial charge in [0, 0.05) is 28.5 Å². The number of carbonyl (C=O) groups is 1. The van der Waals surface area contributed by atoms with Gasteiger partial charge in [0.1, 0.15) is 11.3 Å². The number of rotatable bonds is 6.